The molecule has 1 heterocycles. The maximum atomic E-state index is 2.86. The van der Waals surface area contributed by atoms with Crippen molar-refractivity contribution < 1.29 is 0 Å². The van der Waals surface area contributed by atoms with Crippen LogP contribution in [0, 0.1) is 11.8 Å². The van der Waals surface area contributed by atoms with Gasteiger partial charge in [-0.25, -0.2) is 0 Å². The van der Waals surface area contributed by atoms with E-state index in [4.69, 9.17) is 0 Å². The van der Waals surface area contributed by atoms with Crippen LogP contribution in [0.1, 0.15) is 97.6 Å². The molecule has 2 fully saturated rings. The first-order valence-electron chi connectivity index (χ1n) is 12.9. The van der Waals surface area contributed by atoms with E-state index in [2.05, 4.69) is 86.8 Å². The van der Waals surface area contributed by atoms with Crippen molar-refractivity contribution in [2.75, 3.05) is 16.9 Å². The summed E-state index contributed by atoms with van der Waals surface area (Å²) in [7, 11) is -0.354. The molecular weight excluding hydrogens is 470 g/mol. The van der Waals surface area contributed by atoms with Crippen LogP contribution < -0.4 is 3.86 Å². The summed E-state index contributed by atoms with van der Waals surface area (Å²) in [6.45, 7) is 21.6. The van der Waals surface area contributed by atoms with Crippen molar-refractivity contribution >= 4 is 30.6 Å². The number of hydrogen-bond donors (Lipinski definition) is 0. The predicted molar refractivity (Wildman–Crippen MR) is 144 cm³/mol. The molecule has 5 heteroatoms. The second-order valence-corrected chi connectivity index (χ2v) is 14.7. The van der Waals surface area contributed by atoms with Gasteiger partial charge in [-0.15, -0.1) is 0 Å². The summed E-state index contributed by atoms with van der Waals surface area (Å²) in [5.41, 5.74) is 6.38. The monoisotopic (exact) mass is 516 g/mol. The van der Waals surface area contributed by atoms with Crippen molar-refractivity contribution in [3.8, 4) is 0 Å². The van der Waals surface area contributed by atoms with Gasteiger partial charge in [0.25, 0.3) is 0 Å². The Hall–Kier alpha value is -0.347. The number of fused-ring (bicyclic) bond motifs is 2. The Bertz CT molecular complexity index is 820. The molecule has 0 spiro atoms. The van der Waals surface area contributed by atoms with Gasteiger partial charge in [-0.1, -0.05) is 0 Å². The third kappa shape index (κ3) is 4.25. The zero-order valence-corrected chi connectivity index (χ0v) is 25.6. The zero-order chi connectivity index (χ0) is 23.3. The third-order valence-electron chi connectivity index (χ3n) is 7.82. The molecule has 1 saturated carbocycles. The van der Waals surface area contributed by atoms with E-state index in [0.717, 1.165) is 11.8 Å². The van der Waals surface area contributed by atoms with Crippen molar-refractivity contribution in [3.05, 3.63) is 40.3 Å². The fourth-order valence-corrected chi connectivity index (χ4v) is 11.5. The van der Waals surface area contributed by atoms with E-state index < -0.39 is 0 Å². The fraction of sp³-hybridized carbons (Fsp3) is 0.704. The van der Waals surface area contributed by atoms with E-state index in [1.54, 1.807) is 11.4 Å². The van der Waals surface area contributed by atoms with Crippen LogP contribution in [0.25, 0.3) is 0 Å². The van der Waals surface area contributed by atoms with Crippen molar-refractivity contribution in [3.63, 3.8) is 0 Å². The minimum atomic E-state index is -0.354. The predicted octanol–water partition coefficient (Wildman–Crippen LogP) is 6.68. The van der Waals surface area contributed by atoms with Gasteiger partial charge in [-0.2, -0.15) is 0 Å². The molecule has 3 nitrogen and oxygen atoms in total. The van der Waals surface area contributed by atoms with E-state index in [1.807, 2.05) is 5.31 Å². The number of para-hydroxylation sites is 1. The number of benzene rings is 1. The van der Waals surface area contributed by atoms with Gasteiger partial charge >= 0.3 is 208 Å². The van der Waals surface area contributed by atoms with Crippen LogP contribution in [0.15, 0.2) is 29.2 Å². The summed E-state index contributed by atoms with van der Waals surface area (Å²) in [6.07, 6.45) is 4.21. The molecule has 1 aliphatic heterocycles. The summed E-state index contributed by atoms with van der Waals surface area (Å²) in [6, 6.07) is 8.31. The Morgan fingerprint density at radius 1 is 0.844 bits per heavy atom. The maximum absolute atomic E-state index is 2.86. The number of allylic oxidation sites excluding steroid dienone is 2. The van der Waals surface area contributed by atoms with Crippen LogP contribution >= 0.6 is 8.22 Å². The van der Waals surface area contributed by atoms with E-state index in [0.29, 0.717) is 23.9 Å². The number of anilines is 1. The number of rotatable bonds is 7. The molecule has 1 saturated heterocycles. The van der Waals surface area contributed by atoms with Crippen LogP contribution in [-0.2, 0) is 0 Å². The molecule has 2 bridgehead atoms. The third-order valence-corrected chi connectivity index (χ3v) is 12.5. The van der Waals surface area contributed by atoms with Gasteiger partial charge in [0.1, 0.15) is 0 Å². The molecule has 2 atom stereocenters. The van der Waals surface area contributed by atoms with Crippen molar-refractivity contribution in [2.45, 2.75) is 98.6 Å². The SMILES string of the molecule is CC(C)c1cccc(C(C)C)c1[N]([GeH2])C1=C(P2N(C(C)C)CCN2C(C)C)[C@H]2CC[C@@H]1C2. The Kier molecular flexibility index (Phi) is 7.52. The fourth-order valence-electron chi connectivity index (χ4n) is 6.24. The summed E-state index contributed by atoms with van der Waals surface area (Å²) in [5, 5.41) is 1.86. The van der Waals surface area contributed by atoms with Crippen molar-refractivity contribution in [1.82, 2.24) is 9.34 Å². The van der Waals surface area contributed by atoms with Gasteiger partial charge in [-0.3, -0.25) is 0 Å². The molecule has 32 heavy (non-hydrogen) atoms. The average molecular weight is 515 g/mol. The van der Waals surface area contributed by atoms with Crippen LogP contribution in [0.3, 0.4) is 0 Å². The summed E-state index contributed by atoms with van der Waals surface area (Å²) in [4.78, 5) is 0. The molecule has 0 amide bonds. The minimum absolute atomic E-state index is 0.354. The standard InChI is InChI=1S/C27H45GeN3P/c1-17(2)23-10-9-11-24(18(3)4)26(23)31(28)25-21-12-13-22(16-21)27(25)32-29(19(5)6)14-15-30(32)20(7)8/h9-11,17-22H,12-16,28H2,1-8H3/t21-,22+/m1/s1. The molecule has 2 aliphatic carbocycles. The zero-order valence-electron chi connectivity index (χ0n) is 21.7. The first kappa shape index (κ1) is 24.8. The molecule has 1 aromatic carbocycles. The van der Waals surface area contributed by atoms with Crippen LogP contribution in [-0.4, -0.2) is 51.3 Å². The summed E-state index contributed by atoms with van der Waals surface area (Å²) >= 11 is 1.19. The summed E-state index contributed by atoms with van der Waals surface area (Å²) < 4.78 is 8.52. The molecule has 0 unspecified atom stereocenters. The topological polar surface area (TPSA) is 9.72 Å². The van der Waals surface area contributed by atoms with Crippen LogP contribution in [0.5, 0.6) is 0 Å². The van der Waals surface area contributed by atoms with Crippen molar-refractivity contribution in [1.29, 1.82) is 0 Å². The average Bonchev–Trinajstić information content (AvgIpc) is 3.45. The summed E-state index contributed by atoms with van der Waals surface area (Å²) in [5.74, 6) is 2.69. The number of nitrogens with zero attached hydrogens (tertiary/aromatic N) is 3. The molecule has 0 N–H and O–H groups in total. The normalized spacial score (nSPS) is 25.0. The van der Waals surface area contributed by atoms with Crippen LogP contribution in [0.4, 0.5) is 5.69 Å². The molecule has 4 rings (SSSR count). The first-order valence-corrected chi connectivity index (χ1v) is 15.5. The quantitative estimate of drug-likeness (QED) is 0.297. The Labute approximate surface area is 207 Å². The van der Waals surface area contributed by atoms with Gasteiger partial charge < -0.3 is 0 Å². The molecule has 0 aromatic heterocycles. The van der Waals surface area contributed by atoms with Crippen molar-refractivity contribution in [2.24, 2.45) is 11.8 Å². The second kappa shape index (κ2) is 9.72. The Morgan fingerprint density at radius 2 is 1.34 bits per heavy atom. The molecule has 3 aliphatic rings. The van der Waals surface area contributed by atoms with Gasteiger partial charge in [0, 0.05) is 0 Å². The molecule has 1 aromatic rings. The first-order chi connectivity index (χ1) is 15.1. The Morgan fingerprint density at radius 3 is 1.81 bits per heavy atom. The van der Waals surface area contributed by atoms with Gasteiger partial charge in [0.05, 0.1) is 0 Å². The molecular formula is C27H45GeN3P. The van der Waals surface area contributed by atoms with E-state index in [1.165, 1.54) is 60.2 Å². The van der Waals surface area contributed by atoms with E-state index in [9.17, 15) is 0 Å². The van der Waals surface area contributed by atoms with Gasteiger partial charge in [0.15, 0.2) is 0 Å². The van der Waals surface area contributed by atoms with Gasteiger partial charge in [0.2, 0.25) is 0 Å². The van der Waals surface area contributed by atoms with Crippen LogP contribution in [0.2, 0.25) is 0 Å². The second-order valence-electron chi connectivity index (χ2n) is 11.3. The van der Waals surface area contributed by atoms with Gasteiger partial charge in [-0.05, 0) is 0 Å². The Balaban J connectivity index is 1.88. The number of hydrogen-bond acceptors (Lipinski definition) is 3. The molecule has 177 valence electrons. The molecule has 1 radical (unpaired) electrons. The van der Waals surface area contributed by atoms with E-state index >= 15 is 0 Å². The van der Waals surface area contributed by atoms with E-state index in [-0.39, 0.29) is 8.22 Å².